The molecule has 94 valence electrons. The maximum absolute atomic E-state index is 13.2. The van der Waals surface area contributed by atoms with E-state index in [0.29, 0.717) is 5.56 Å². The van der Waals surface area contributed by atoms with Crippen LogP contribution in [0.15, 0.2) is 42.5 Å². The number of rotatable bonds is 2. The van der Waals surface area contributed by atoms with Crippen LogP contribution in [-0.4, -0.2) is 5.11 Å². The average Bonchev–Trinajstić information content (AvgIpc) is 2.32. The molecular formula is C14H11ClF2O. The lowest BCUT2D eigenvalue weighted by atomic mass is 9.88. The summed E-state index contributed by atoms with van der Waals surface area (Å²) in [7, 11) is 0. The molecule has 0 heterocycles. The van der Waals surface area contributed by atoms with Crippen LogP contribution in [0.4, 0.5) is 8.78 Å². The average molecular weight is 269 g/mol. The van der Waals surface area contributed by atoms with E-state index in [-0.39, 0.29) is 10.6 Å². The van der Waals surface area contributed by atoms with Crippen molar-refractivity contribution in [3.63, 3.8) is 0 Å². The standard InChI is InChI=1S/C14H11ClF2O/c1-14(18,9-2-4-10(16)5-3-9)12-8-11(17)6-7-13(12)15/h2-8,18H,1H3. The number of benzene rings is 2. The largest absolute Gasteiger partial charge is 0.381 e. The number of halogens is 3. The minimum Gasteiger partial charge on any atom is -0.381 e. The molecule has 1 atom stereocenters. The van der Waals surface area contributed by atoms with Crippen LogP contribution in [0.25, 0.3) is 0 Å². The second-order valence-electron chi connectivity index (χ2n) is 4.20. The summed E-state index contributed by atoms with van der Waals surface area (Å²) >= 11 is 5.96. The summed E-state index contributed by atoms with van der Waals surface area (Å²) in [5, 5.41) is 10.7. The molecule has 0 aliphatic rings. The Morgan fingerprint density at radius 3 is 2.17 bits per heavy atom. The van der Waals surface area contributed by atoms with Gasteiger partial charge in [0.15, 0.2) is 0 Å². The topological polar surface area (TPSA) is 20.2 Å². The van der Waals surface area contributed by atoms with Crippen molar-refractivity contribution < 1.29 is 13.9 Å². The number of hydrogen-bond acceptors (Lipinski definition) is 1. The first kappa shape index (κ1) is 13.0. The highest BCUT2D eigenvalue weighted by Gasteiger charge is 2.28. The smallest absolute Gasteiger partial charge is 0.123 e. The fourth-order valence-corrected chi connectivity index (χ4v) is 2.10. The van der Waals surface area contributed by atoms with Gasteiger partial charge in [0.25, 0.3) is 0 Å². The molecule has 0 bridgehead atoms. The summed E-state index contributed by atoms with van der Waals surface area (Å²) in [5.41, 5.74) is -0.792. The Kier molecular flexibility index (Phi) is 3.37. The molecule has 4 heteroatoms. The molecule has 0 aromatic heterocycles. The fourth-order valence-electron chi connectivity index (χ4n) is 1.80. The van der Waals surface area contributed by atoms with E-state index < -0.39 is 17.2 Å². The van der Waals surface area contributed by atoms with Crippen molar-refractivity contribution in [3.8, 4) is 0 Å². The Labute approximate surface area is 109 Å². The minimum absolute atomic E-state index is 0.246. The van der Waals surface area contributed by atoms with Gasteiger partial charge in [-0.1, -0.05) is 23.7 Å². The van der Waals surface area contributed by atoms with Crippen LogP contribution in [0.3, 0.4) is 0 Å². The maximum Gasteiger partial charge on any atom is 0.123 e. The van der Waals surface area contributed by atoms with Crippen molar-refractivity contribution >= 4 is 11.6 Å². The summed E-state index contributed by atoms with van der Waals surface area (Å²) in [6, 6.07) is 9.11. The van der Waals surface area contributed by atoms with Crippen LogP contribution < -0.4 is 0 Å². The lowest BCUT2D eigenvalue weighted by molar-refractivity contribution is 0.102. The molecule has 0 aliphatic heterocycles. The van der Waals surface area contributed by atoms with Gasteiger partial charge in [-0.2, -0.15) is 0 Å². The monoisotopic (exact) mass is 268 g/mol. The van der Waals surface area contributed by atoms with Crippen LogP contribution >= 0.6 is 11.6 Å². The van der Waals surface area contributed by atoms with Gasteiger partial charge < -0.3 is 5.11 Å². The number of hydrogen-bond donors (Lipinski definition) is 1. The van der Waals surface area contributed by atoms with E-state index in [1.807, 2.05) is 0 Å². The van der Waals surface area contributed by atoms with Crippen LogP contribution in [0.1, 0.15) is 18.1 Å². The van der Waals surface area contributed by atoms with Crippen LogP contribution in [0.2, 0.25) is 5.02 Å². The Bertz CT molecular complexity index is 565. The summed E-state index contributed by atoms with van der Waals surface area (Å²) in [4.78, 5) is 0. The first-order chi connectivity index (χ1) is 8.41. The lowest BCUT2D eigenvalue weighted by Crippen LogP contribution is -2.23. The van der Waals surface area contributed by atoms with Crippen molar-refractivity contribution in [2.75, 3.05) is 0 Å². The van der Waals surface area contributed by atoms with Crippen molar-refractivity contribution in [2.24, 2.45) is 0 Å². The molecule has 1 N–H and O–H groups in total. The highest BCUT2D eigenvalue weighted by Crippen LogP contribution is 2.34. The molecule has 0 fully saturated rings. The van der Waals surface area contributed by atoms with Gasteiger partial charge in [0.1, 0.15) is 17.2 Å². The van der Waals surface area contributed by atoms with E-state index >= 15 is 0 Å². The van der Waals surface area contributed by atoms with E-state index in [1.165, 1.54) is 49.4 Å². The molecule has 2 aromatic carbocycles. The third-order valence-corrected chi connectivity index (χ3v) is 3.19. The predicted molar refractivity (Wildman–Crippen MR) is 66.5 cm³/mol. The molecule has 1 nitrogen and oxygen atoms in total. The molecule has 0 aliphatic carbocycles. The van der Waals surface area contributed by atoms with Gasteiger partial charge in [-0.05, 0) is 42.8 Å². The Balaban J connectivity index is 2.53. The second kappa shape index (κ2) is 4.67. The highest BCUT2D eigenvalue weighted by molar-refractivity contribution is 6.31. The molecule has 0 saturated heterocycles. The van der Waals surface area contributed by atoms with E-state index in [1.54, 1.807) is 0 Å². The third kappa shape index (κ3) is 2.37. The Hall–Kier alpha value is -1.45. The van der Waals surface area contributed by atoms with Gasteiger partial charge >= 0.3 is 0 Å². The van der Waals surface area contributed by atoms with E-state index in [9.17, 15) is 13.9 Å². The third-order valence-electron chi connectivity index (χ3n) is 2.86. The summed E-state index contributed by atoms with van der Waals surface area (Å²) in [5.74, 6) is -0.892. The SMILES string of the molecule is CC(O)(c1ccc(F)cc1)c1cc(F)ccc1Cl. The normalized spacial score (nSPS) is 14.3. The van der Waals surface area contributed by atoms with E-state index in [4.69, 9.17) is 11.6 Å². The molecule has 0 amide bonds. The van der Waals surface area contributed by atoms with Gasteiger partial charge in [0.2, 0.25) is 0 Å². The molecule has 1 unspecified atom stereocenters. The maximum atomic E-state index is 13.2. The van der Waals surface area contributed by atoms with Crippen molar-refractivity contribution in [2.45, 2.75) is 12.5 Å². The van der Waals surface area contributed by atoms with E-state index in [0.717, 1.165) is 0 Å². The first-order valence-electron chi connectivity index (χ1n) is 5.35. The second-order valence-corrected chi connectivity index (χ2v) is 4.61. The molecule has 0 radical (unpaired) electrons. The molecule has 0 saturated carbocycles. The molecular weight excluding hydrogens is 258 g/mol. The van der Waals surface area contributed by atoms with Crippen LogP contribution in [0.5, 0.6) is 0 Å². The Morgan fingerprint density at radius 2 is 1.56 bits per heavy atom. The first-order valence-corrected chi connectivity index (χ1v) is 5.73. The fraction of sp³-hybridized carbons (Fsp3) is 0.143. The molecule has 2 aromatic rings. The summed E-state index contributed by atoms with van der Waals surface area (Å²) in [6.07, 6.45) is 0. The zero-order valence-electron chi connectivity index (χ0n) is 9.62. The van der Waals surface area contributed by atoms with Gasteiger partial charge in [0.05, 0.1) is 0 Å². The zero-order chi connectivity index (χ0) is 13.3. The van der Waals surface area contributed by atoms with Crippen LogP contribution in [-0.2, 0) is 5.60 Å². The van der Waals surface area contributed by atoms with Gasteiger partial charge in [-0.25, -0.2) is 8.78 Å². The van der Waals surface area contributed by atoms with Gasteiger partial charge in [-0.15, -0.1) is 0 Å². The summed E-state index contributed by atoms with van der Waals surface area (Å²) in [6.45, 7) is 1.49. The predicted octanol–water partition coefficient (Wildman–Crippen LogP) is 3.87. The van der Waals surface area contributed by atoms with Gasteiger partial charge in [-0.3, -0.25) is 0 Å². The van der Waals surface area contributed by atoms with Gasteiger partial charge in [0, 0.05) is 10.6 Å². The summed E-state index contributed by atoms with van der Waals surface area (Å²) < 4.78 is 26.1. The highest BCUT2D eigenvalue weighted by atomic mass is 35.5. The molecule has 2 rings (SSSR count). The lowest BCUT2D eigenvalue weighted by Gasteiger charge is -2.25. The molecule has 18 heavy (non-hydrogen) atoms. The minimum atomic E-state index is -1.48. The van der Waals surface area contributed by atoms with E-state index in [2.05, 4.69) is 0 Å². The quantitative estimate of drug-likeness (QED) is 0.876. The Morgan fingerprint density at radius 1 is 1.00 bits per heavy atom. The van der Waals surface area contributed by atoms with Crippen molar-refractivity contribution in [1.82, 2.24) is 0 Å². The van der Waals surface area contributed by atoms with Crippen LogP contribution in [0, 0.1) is 11.6 Å². The molecule has 0 spiro atoms. The van der Waals surface area contributed by atoms with Crippen molar-refractivity contribution in [1.29, 1.82) is 0 Å². The zero-order valence-corrected chi connectivity index (χ0v) is 10.4. The van der Waals surface area contributed by atoms with Crippen molar-refractivity contribution in [3.05, 3.63) is 70.2 Å². The number of aliphatic hydroxyl groups is 1.